The molecule has 0 unspecified atom stereocenters. The molecule has 0 saturated heterocycles. The number of nitrogens with zero attached hydrogens (tertiary/aromatic N) is 2. The highest BCUT2D eigenvalue weighted by Crippen LogP contribution is 2.31. The average Bonchev–Trinajstić information content (AvgIpc) is 2.31. The van der Waals surface area contributed by atoms with Crippen LogP contribution in [0.1, 0.15) is 25.3 Å². The molecule has 0 saturated carbocycles. The van der Waals surface area contributed by atoms with Gasteiger partial charge in [-0.25, -0.2) is 4.98 Å². The fourth-order valence-corrected chi connectivity index (χ4v) is 1.94. The highest BCUT2D eigenvalue weighted by molar-refractivity contribution is 9.10. The minimum Gasteiger partial charge on any atom is -0.424 e. The molecule has 0 fully saturated rings. The van der Waals surface area contributed by atoms with E-state index in [9.17, 15) is 0 Å². The van der Waals surface area contributed by atoms with Gasteiger partial charge in [0.2, 0.25) is 0 Å². The maximum Gasteiger partial charge on any atom is 0.323 e. The molecular formula is C13H14BrN3O. The summed E-state index contributed by atoms with van der Waals surface area (Å²) in [6.45, 7) is 4.21. The third kappa shape index (κ3) is 2.98. The van der Waals surface area contributed by atoms with Gasteiger partial charge in [0.1, 0.15) is 11.6 Å². The molecule has 1 aromatic carbocycles. The minimum absolute atomic E-state index is 0.263. The number of aromatic nitrogens is 2. The first-order valence-electron chi connectivity index (χ1n) is 5.62. The summed E-state index contributed by atoms with van der Waals surface area (Å²) in [5.74, 6) is 1.49. The zero-order valence-corrected chi connectivity index (χ0v) is 11.8. The molecule has 0 atom stereocenters. The molecule has 4 nitrogen and oxygen atoms in total. The molecule has 0 amide bonds. The Balaban J connectivity index is 2.34. The number of halogens is 1. The Kier molecular flexibility index (Phi) is 3.81. The van der Waals surface area contributed by atoms with Crippen molar-refractivity contribution in [2.45, 2.75) is 19.8 Å². The van der Waals surface area contributed by atoms with Gasteiger partial charge in [-0.1, -0.05) is 29.8 Å². The summed E-state index contributed by atoms with van der Waals surface area (Å²) in [6.07, 6.45) is 1.57. The van der Waals surface area contributed by atoms with E-state index in [1.54, 1.807) is 12.3 Å². The molecule has 0 bridgehead atoms. The SMILES string of the molecule is CC(C)c1cc(Br)ccc1Oc1nccc(N)n1. The van der Waals surface area contributed by atoms with Crippen LogP contribution in [0, 0.1) is 0 Å². The van der Waals surface area contributed by atoms with Crippen LogP contribution in [0.15, 0.2) is 34.9 Å². The van der Waals surface area contributed by atoms with Crippen LogP contribution in [0.2, 0.25) is 0 Å². The normalized spacial score (nSPS) is 10.7. The lowest BCUT2D eigenvalue weighted by Crippen LogP contribution is -1.99. The first-order chi connectivity index (χ1) is 8.56. The Bertz CT molecular complexity index is 558. The van der Waals surface area contributed by atoms with Gasteiger partial charge in [0, 0.05) is 10.7 Å². The topological polar surface area (TPSA) is 61.0 Å². The lowest BCUT2D eigenvalue weighted by atomic mass is 10.0. The van der Waals surface area contributed by atoms with Crippen molar-refractivity contribution in [2.75, 3.05) is 5.73 Å². The lowest BCUT2D eigenvalue weighted by molar-refractivity contribution is 0.435. The second kappa shape index (κ2) is 5.35. The zero-order valence-electron chi connectivity index (χ0n) is 10.2. The Labute approximate surface area is 114 Å². The van der Waals surface area contributed by atoms with Crippen molar-refractivity contribution in [1.82, 2.24) is 9.97 Å². The molecule has 1 heterocycles. The van der Waals surface area contributed by atoms with Crippen LogP contribution < -0.4 is 10.5 Å². The number of rotatable bonds is 3. The Hall–Kier alpha value is -1.62. The fourth-order valence-electron chi connectivity index (χ4n) is 1.56. The van der Waals surface area contributed by atoms with E-state index in [1.165, 1.54) is 0 Å². The molecular weight excluding hydrogens is 294 g/mol. The molecule has 2 rings (SSSR count). The van der Waals surface area contributed by atoms with Crippen LogP contribution >= 0.6 is 15.9 Å². The summed E-state index contributed by atoms with van der Waals surface area (Å²) in [4.78, 5) is 8.06. The van der Waals surface area contributed by atoms with E-state index >= 15 is 0 Å². The monoisotopic (exact) mass is 307 g/mol. The second-order valence-corrected chi connectivity index (χ2v) is 5.12. The van der Waals surface area contributed by atoms with Crippen LogP contribution in [0.25, 0.3) is 0 Å². The predicted octanol–water partition coefficient (Wildman–Crippen LogP) is 3.74. The number of hydrogen-bond donors (Lipinski definition) is 1. The van der Waals surface area contributed by atoms with Gasteiger partial charge in [0.25, 0.3) is 0 Å². The van der Waals surface area contributed by atoms with Gasteiger partial charge in [0.15, 0.2) is 0 Å². The van der Waals surface area contributed by atoms with E-state index in [0.717, 1.165) is 15.8 Å². The molecule has 0 spiro atoms. The van der Waals surface area contributed by atoms with E-state index < -0.39 is 0 Å². The highest BCUT2D eigenvalue weighted by Gasteiger charge is 2.10. The van der Waals surface area contributed by atoms with Gasteiger partial charge in [-0.3, -0.25) is 0 Å². The maximum atomic E-state index is 5.68. The standard InChI is InChI=1S/C13H14BrN3O/c1-8(2)10-7-9(14)3-4-11(10)18-13-16-6-5-12(15)17-13/h3-8H,1-2H3,(H2,15,16,17). The van der Waals surface area contributed by atoms with Gasteiger partial charge >= 0.3 is 6.01 Å². The van der Waals surface area contributed by atoms with Crippen molar-refractivity contribution in [2.24, 2.45) is 0 Å². The molecule has 2 N–H and O–H groups in total. The van der Waals surface area contributed by atoms with Crippen molar-refractivity contribution in [3.63, 3.8) is 0 Å². The van der Waals surface area contributed by atoms with Crippen LogP contribution in [-0.2, 0) is 0 Å². The largest absolute Gasteiger partial charge is 0.424 e. The van der Waals surface area contributed by atoms with Crippen molar-refractivity contribution < 1.29 is 4.74 Å². The number of nitrogens with two attached hydrogens (primary N) is 1. The number of nitrogen functional groups attached to an aromatic ring is 1. The molecule has 0 aliphatic rings. The predicted molar refractivity (Wildman–Crippen MR) is 74.7 cm³/mol. The number of hydrogen-bond acceptors (Lipinski definition) is 4. The smallest absolute Gasteiger partial charge is 0.323 e. The maximum absolute atomic E-state index is 5.68. The van der Waals surface area contributed by atoms with Crippen LogP contribution in [-0.4, -0.2) is 9.97 Å². The summed E-state index contributed by atoms with van der Waals surface area (Å²) in [6, 6.07) is 7.74. The van der Waals surface area contributed by atoms with Gasteiger partial charge in [0.05, 0.1) is 0 Å². The van der Waals surface area contributed by atoms with Crippen LogP contribution in [0.5, 0.6) is 11.8 Å². The van der Waals surface area contributed by atoms with Crippen molar-refractivity contribution in [1.29, 1.82) is 0 Å². The first-order valence-corrected chi connectivity index (χ1v) is 6.41. The number of ether oxygens (including phenoxy) is 1. The van der Waals surface area contributed by atoms with Gasteiger partial charge < -0.3 is 10.5 Å². The number of benzene rings is 1. The van der Waals surface area contributed by atoms with Crippen molar-refractivity contribution >= 4 is 21.7 Å². The summed E-state index contributed by atoms with van der Waals surface area (Å²) in [7, 11) is 0. The van der Waals surface area contributed by atoms with E-state index in [2.05, 4.69) is 39.7 Å². The Morgan fingerprint density at radius 2 is 2.06 bits per heavy atom. The van der Waals surface area contributed by atoms with Gasteiger partial charge in [-0.2, -0.15) is 4.98 Å². The lowest BCUT2D eigenvalue weighted by Gasteiger charge is -2.13. The van der Waals surface area contributed by atoms with Crippen LogP contribution in [0.4, 0.5) is 5.82 Å². The quantitative estimate of drug-likeness (QED) is 0.938. The average molecular weight is 308 g/mol. The highest BCUT2D eigenvalue weighted by atomic mass is 79.9. The second-order valence-electron chi connectivity index (χ2n) is 4.20. The van der Waals surface area contributed by atoms with Crippen molar-refractivity contribution in [3.8, 4) is 11.8 Å². The Morgan fingerprint density at radius 1 is 1.28 bits per heavy atom. The minimum atomic E-state index is 0.263. The molecule has 0 radical (unpaired) electrons. The zero-order chi connectivity index (χ0) is 13.1. The summed E-state index contributed by atoms with van der Waals surface area (Å²) in [5.41, 5.74) is 6.69. The summed E-state index contributed by atoms with van der Waals surface area (Å²) >= 11 is 3.45. The van der Waals surface area contributed by atoms with Gasteiger partial charge in [-0.15, -0.1) is 0 Å². The van der Waals surface area contributed by atoms with Crippen LogP contribution in [0.3, 0.4) is 0 Å². The van der Waals surface area contributed by atoms with E-state index in [-0.39, 0.29) is 6.01 Å². The summed E-state index contributed by atoms with van der Waals surface area (Å²) < 4.78 is 6.70. The molecule has 94 valence electrons. The van der Waals surface area contributed by atoms with E-state index in [1.807, 2.05) is 18.2 Å². The third-order valence-electron chi connectivity index (χ3n) is 2.45. The first kappa shape index (κ1) is 12.8. The Morgan fingerprint density at radius 3 is 2.72 bits per heavy atom. The summed E-state index contributed by atoms with van der Waals surface area (Å²) in [5, 5.41) is 0. The molecule has 5 heteroatoms. The molecule has 2 aromatic rings. The van der Waals surface area contributed by atoms with E-state index in [4.69, 9.17) is 10.5 Å². The van der Waals surface area contributed by atoms with Gasteiger partial charge in [-0.05, 0) is 35.7 Å². The fraction of sp³-hybridized carbons (Fsp3) is 0.231. The van der Waals surface area contributed by atoms with Crippen molar-refractivity contribution in [3.05, 3.63) is 40.5 Å². The molecule has 0 aliphatic carbocycles. The molecule has 18 heavy (non-hydrogen) atoms. The van der Waals surface area contributed by atoms with E-state index in [0.29, 0.717) is 11.7 Å². The molecule has 0 aliphatic heterocycles. The molecule has 1 aromatic heterocycles. The number of anilines is 1. The third-order valence-corrected chi connectivity index (χ3v) is 2.94.